The van der Waals surface area contributed by atoms with Gasteiger partial charge in [0.1, 0.15) is 0 Å². The first kappa shape index (κ1) is 13.9. The molecule has 0 radical (unpaired) electrons. The van der Waals surface area contributed by atoms with Gasteiger partial charge in [0, 0.05) is 0 Å². The fourth-order valence-corrected chi connectivity index (χ4v) is 0.833. The average Bonchev–Trinajstić information content (AvgIpc) is 2.98. The monoisotopic (exact) mass is 270 g/mol. The van der Waals surface area contributed by atoms with Crippen LogP contribution in [0.4, 0.5) is 11.9 Å². The summed E-state index contributed by atoms with van der Waals surface area (Å²) in [4.78, 5) is 27.5. The molecule has 0 aromatic carbocycles. The molecule has 2 heterocycles. The van der Waals surface area contributed by atoms with Crippen molar-refractivity contribution < 1.29 is 19.4 Å². The normalized spacial score (nSPS) is 9.32. The Balaban J connectivity index is 0.000000191. The number of nitrogens with zero attached hydrogens (tertiary/aromatic N) is 4. The maximum Gasteiger partial charge on any atom is 0.375 e. The number of aromatic carboxylic acids is 1. The number of carboxylic acid groups (broad SMARTS) is 1. The number of aromatic amines is 2. The number of anilines is 2. The lowest BCUT2D eigenvalue weighted by molar-refractivity contribution is 0.0586. The van der Waals surface area contributed by atoms with E-state index in [1.807, 2.05) is 0 Å². The van der Waals surface area contributed by atoms with Gasteiger partial charge < -0.3 is 21.3 Å². The van der Waals surface area contributed by atoms with E-state index in [-0.39, 0.29) is 23.5 Å². The van der Waals surface area contributed by atoms with Crippen LogP contribution >= 0.6 is 0 Å². The van der Waals surface area contributed by atoms with Crippen LogP contribution in [0.3, 0.4) is 0 Å². The van der Waals surface area contributed by atoms with Crippen molar-refractivity contribution in [2.24, 2.45) is 0 Å². The van der Waals surface area contributed by atoms with Crippen molar-refractivity contribution in [2.75, 3.05) is 18.6 Å². The molecular weight excluding hydrogens is 260 g/mol. The number of hydrogen-bond acceptors (Lipinski definition) is 9. The molecule has 0 fully saturated rings. The van der Waals surface area contributed by atoms with Crippen LogP contribution in [0.15, 0.2) is 0 Å². The molecule has 0 aliphatic rings. The van der Waals surface area contributed by atoms with E-state index < -0.39 is 11.9 Å². The summed E-state index contributed by atoms with van der Waals surface area (Å²) in [6.45, 7) is 0. The third kappa shape index (κ3) is 3.95. The average molecular weight is 270 g/mol. The minimum atomic E-state index is -1.17. The van der Waals surface area contributed by atoms with Crippen LogP contribution in [0.2, 0.25) is 0 Å². The van der Waals surface area contributed by atoms with Crippen molar-refractivity contribution in [1.82, 2.24) is 30.4 Å². The van der Waals surface area contributed by atoms with Gasteiger partial charge in [-0.15, -0.1) is 10.2 Å². The van der Waals surface area contributed by atoms with Gasteiger partial charge in [-0.05, 0) is 0 Å². The Bertz CT molecular complexity index is 575. The Labute approximate surface area is 105 Å². The standard InChI is InChI=1S/C4H6N4O2.C3H4N4O2/c1-10-3(9)2-6-4(5)8-7-2;4-3-5-1(2(8)9)6-7-3/h1H3,(H3,5,6,7,8);(H,8,9)(H3,4,5,6,7). The highest BCUT2D eigenvalue weighted by Crippen LogP contribution is 1.93. The second-order valence-corrected chi connectivity index (χ2v) is 2.88. The van der Waals surface area contributed by atoms with Gasteiger partial charge in [-0.3, -0.25) is 10.2 Å². The predicted octanol–water partition coefficient (Wildman–Crippen LogP) is -1.74. The largest absolute Gasteiger partial charge is 0.475 e. The first-order valence-electron chi connectivity index (χ1n) is 4.61. The van der Waals surface area contributed by atoms with Crippen LogP contribution in [0.5, 0.6) is 0 Å². The molecule has 0 bridgehead atoms. The molecule has 0 atom stereocenters. The fourth-order valence-electron chi connectivity index (χ4n) is 0.833. The van der Waals surface area contributed by atoms with Crippen LogP contribution in [0.25, 0.3) is 0 Å². The van der Waals surface area contributed by atoms with E-state index in [9.17, 15) is 9.59 Å². The molecule has 0 amide bonds. The molecule has 0 saturated carbocycles. The molecule has 0 spiro atoms. The lowest BCUT2D eigenvalue weighted by Gasteiger charge is -1.88. The summed E-state index contributed by atoms with van der Waals surface area (Å²) in [5, 5.41) is 19.3. The second kappa shape index (κ2) is 5.95. The van der Waals surface area contributed by atoms with Gasteiger partial charge >= 0.3 is 11.9 Å². The predicted molar refractivity (Wildman–Crippen MR) is 59.9 cm³/mol. The van der Waals surface area contributed by atoms with E-state index in [4.69, 9.17) is 16.6 Å². The summed E-state index contributed by atoms with van der Waals surface area (Å²) in [6, 6.07) is 0. The maximum absolute atomic E-state index is 10.6. The summed E-state index contributed by atoms with van der Waals surface area (Å²) in [5.41, 5.74) is 10.1. The quantitative estimate of drug-likeness (QED) is 0.390. The molecule has 0 aliphatic heterocycles. The van der Waals surface area contributed by atoms with Crippen LogP contribution in [-0.2, 0) is 4.74 Å². The number of aromatic nitrogens is 6. The molecule has 102 valence electrons. The number of rotatable bonds is 2. The molecule has 7 N–H and O–H groups in total. The van der Waals surface area contributed by atoms with Crippen LogP contribution in [0, 0.1) is 0 Å². The lowest BCUT2D eigenvalue weighted by Crippen LogP contribution is -2.03. The summed E-state index contributed by atoms with van der Waals surface area (Å²) in [6.07, 6.45) is 0. The van der Waals surface area contributed by atoms with Crippen LogP contribution in [0.1, 0.15) is 21.2 Å². The minimum absolute atomic E-state index is 0.0139. The number of methoxy groups -OCH3 is 1. The first-order chi connectivity index (χ1) is 8.93. The molecule has 12 nitrogen and oxygen atoms in total. The van der Waals surface area contributed by atoms with Crippen molar-refractivity contribution in [2.45, 2.75) is 0 Å². The lowest BCUT2D eigenvalue weighted by atomic mass is 10.6. The van der Waals surface area contributed by atoms with E-state index >= 15 is 0 Å². The SMILES string of the molecule is COC(=O)c1nc(N)n[nH]1.Nc1n[nH]c(C(=O)O)n1. The van der Waals surface area contributed by atoms with E-state index in [2.05, 4.69) is 35.1 Å². The van der Waals surface area contributed by atoms with Crippen molar-refractivity contribution in [3.8, 4) is 0 Å². The minimum Gasteiger partial charge on any atom is -0.475 e. The van der Waals surface area contributed by atoms with Crippen molar-refractivity contribution in [3.63, 3.8) is 0 Å². The van der Waals surface area contributed by atoms with Crippen molar-refractivity contribution in [3.05, 3.63) is 11.6 Å². The molecular formula is C7H10N8O4. The van der Waals surface area contributed by atoms with E-state index in [1.54, 1.807) is 0 Å². The molecule has 2 rings (SSSR count). The van der Waals surface area contributed by atoms with Gasteiger partial charge in [-0.25, -0.2) is 9.59 Å². The molecule has 2 aromatic rings. The Hall–Kier alpha value is -3.18. The van der Waals surface area contributed by atoms with E-state index in [0.717, 1.165) is 0 Å². The summed E-state index contributed by atoms with van der Waals surface area (Å²) in [7, 11) is 1.25. The van der Waals surface area contributed by atoms with E-state index in [0.29, 0.717) is 0 Å². The number of H-pyrrole nitrogens is 2. The smallest absolute Gasteiger partial charge is 0.375 e. The molecule has 19 heavy (non-hydrogen) atoms. The topological polar surface area (TPSA) is 199 Å². The first-order valence-corrected chi connectivity index (χ1v) is 4.61. The summed E-state index contributed by atoms with van der Waals surface area (Å²) in [5.74, 6) is -2.01. The van der Waals surface area contributed by atoms with Gasteiger partial charge in [-0.2, -0.15) is 9.97 Å². The number of carbonyl (C=O) groups is 2. The number of nitrogens with two attached hydrogens (primary N) is 2. The van der Waals surface area contributed by atoms with Crippen LogP contribution in [-0.4, -0.2) is 54.5 Å². The van der Waals surface area contributed by atoms with Crippen molar-refractivity contribution >= 4 is 23.8 Å². The number of carbonyl (C=O) groups excluding carboxylic acids is 1. The number of hydrogen-bond donors (Lipinski definition) is 5. The summed E-state index contributed by atoms with van der Waals surface area (Å²) >= 11 is 0. The Kier molecular flexibility index (Phi) is 4.34. The fraction of sp³-hybridized carbons (Fsp3) is 0.143. The number of esters is 1. The highest BCUT2D eigenvalue weighted by atomic mass is 16.5. The maximum atomic E-state index is 10.6. The molecule has 0 saturated heterocycles. The number of nitrogen functional groups attached to an aromatic ring is 2. The van der Waals surface area contributed by atoms with Gasteiger partial charge in [-0.1, -0.05) is 0 Å². The molecule has 0 aliphatic carbocycles. The van der Waals surface area contributed by atoms with Gasteiger partial charge in [0.25, 0.3) is 0 Å². The zero-order chi connectivity index (χ0) is 14.4. The zero-order valence-corrected chi connectivity index (χ0v) is 9.62. The van der Waals surface area contributed by atoms with Gasteiger partial charge in [0.15, 0.2) is 0 Å². The Morgan fingerprint density at radius 1 is 1.11 bits per heavy atom. The summed E-state index contributed by atoms with van der Waals surface area (Å²) < 4.78 is 4.32. The second-order valence-electron chi connectivity index (χ2n) is 2.88. The van der Waals surface area contributed by atoms with E-state index in [1.165, 1.54) is 7.11 Å². The number of carboxylic acids is 1. The molecule has 0 unspecified atom stereocenters. The van der Waals surface area contributed by atoms with Gasteiger partial charge in [0.2, 0.25) is 23.5 Å². The molecule has 2 aromatic heterocycles. The zero-order valence-electron chi connectivity index (χ0n) is 9.62. The third-order valence-corrected chi connectivity index (χ3v) is 1.59. The Morgan fingerprint density at radius 2 is 1.58 bits per heavy atom. The Morgan fingerprint density at radius 3 is 1.84 bits per heavy atom. The molecule has 12 heteroatoms. The number of nitrogens with one attached hydrogen (secondary N) is 2. The number of ether oxygens (including phenoxy) is 1. The third-order valence-electron chi connectivity index (χ3n) is 1.59. The van der Waals surface area contributed by atoms with Crippen molar-refractivity contribution in [1.29, 1.82) is 0 Å². The van der Waals surface area contributed by atoms with Crippen LogP contribution < -0.4 is 11.5 Å². The highest BCUT2D eigenvalue weighted by molar-refractivity contribution is 5.85. The highest BCUT2D eigenvalue weighted by Gasteiger charge is 2.09. The van der Waals surface area contributed by atoms with Gasteiger partial charge in [0.05, 0.1) is 7.11 Å².